The Morgan fingerprint density at radius 1 is 1.13 bits per heavy atom. The van der Waals surface area contributed by atoms with Crippen molar-refractivity contribution >= 4 is 45.0 Å². The summed E-state index contributed by atoms with van der Waals surface area (Å²) in [5, 5.41) is 5.89. The fourth-order valence-electron chi connectivity index (χ4n) is 5.30. The van der Waals surface area contributed by atoms with Gasteiger partial charge in [0.1, 0.15) is 5.75 Å². The molecule has 198 valence electrons. The molecule has 0 spiro atoms. The van der Waals surface area contributed by atoms with Gasteiger partial charge in [-0.2, -0.15) is 0 Å². The van der Waals surface area contributed by atoms with Crippen molar-refractivity contribution in [1.29, 1.82) is 0 Å². The molecule has 9 nitrogen and oxygen atoms in total. The fraction of sp³-hybridized carbons (Fsp3) is 0.357. The van der Waals surface area contributed by atoms with Crippen LogP contribution in [-0.2, 0) is 22.6 Å². The summed E-state index contributed by atoms with van der Waals surface area (Å²) >= 11 is 3.59. The number of carbonyl (C=O) groups is 3. The minimum Gasteiger partial charge on any atom is -0.496 e. The zero-order chi connectivity index (χ0) is 26.8. The van der Waals surface area contributed by atoms with E-state index in [1.807, 2.05) is 36.1 Å². The number of nitrogens with one attached hydrogen (secondary N) is 3. The van der Waals surface area contributed by atoms with Crippen molar-refractivity contribution in [3.63, 3.8) is 0 Å². The predicted octanol–water partition coefficient (Wildman–Crippen LogP) is 4.82. The van der Waals surface area contributed by atoms with Gasteiger partial charge < -0.3 is 25.3 Å². The largest absolute Gasteiger partial charge is 0.496 e. The fourth-order valence-corrected chi connectivity index (χ4v) is 5.89. The molecule has 1 aliphatic carbocycles. The molecule has 0 atom stereocenters. The van der Waals surface area contributed by atoms with E-state index in [0.29, 0.717) is 23.5 Å². The van der Waals surface area contributed by atoms with E-state index in [2.05, 4.69) is 36.5 Å². The van der Waals surface area contributed by atoms with Crippen molar-refractivity contribution < 1.29 is 19.1 Å². The van der Waals surface area contributed by atoms with E-state index in [1.54, 1.807) is 19.4 Å². The maximum absolute atomic E-state index is 13.4. The van der Waals surface area contributed by atoms with Crippen molar-refractivity contribution in [1.82, 2.24) is 14.9 Å². The number of aromatic amines is 1. The molecule has 1 aliphatic heterocycles. The number of methoxy groups -OCH3 is 1. The summed E-state index contributed by atoms with van der Waals surface area (Å²) in [5.74, 6) is 0.408. The third kappa shape index (κ3) is 5.45. The van der Waals surface area contributed by atoms with Crippen molar-refractivity contribution in [2.24, 2.45) is 5.92 Å². The van der Waals surface area contributed by atoms with Crippen LogP contribution in [0.4, 0.5) is 11.4 Å². The van der Waals surface area contributed by atoms with Crippen LogP contribution in [-0.4, -0.2) is 45.7 Å². The van der Waals surface area contributed by atoms with Gasteiger partial charge in [-0.15, -0.1) is 0 Å². The van der Waals surface area contributed by atoms with Gasteiger partial charge in [0.15, 0.2) is 0 Å². The smallest absolute Gasteiger partial charge is 0.254 e. The van der Waals surface area contributed by atoms with Crippen molar-refractivity contribution in [3.05, 3.63) is 69.7 Å². The Morgan fingerprint density at radius 2 is 1.92 bits per heavy atom. The highest BCUT2D eigenvalue weighted by Gasteiger charge is 2.37. The van der Waals surface area contributed by atoms with E-state index in [1.165, 1.54) is 6.33 Å². The number of hydrogen-bond acceptors (Lipinski definition) is 5. The van der Waals surface area contributed by atoms with Crippen LogP contribution >= 0.6 is 15.9 Å². The first kappa shape index (κ1) is 26.0. The maximum Gasteiger partial charge on any atom is 0.254 e. The highest BCUT2D eigenvalue weighted by molar-refractivity contribution is 9.10. The maximum atomic E-state index is 13.4. The molecule has 2 heterocycles. The number of amides is 3. The van der Waals surface area contributed by atoms with Crippen LogP contribution in [0.15, 0.2) is 47.3 Å². The number of fused-ring (bicyclic) bond motifs is 1. The van der Waals surface area contributed by atoms with E-state index in [-0.39, 0.29) is 36.1 Å². The molecule has 1 saturated carbocycles. The average Bonchev–Trinajstić information content (AvgIpc) is 3.53. The molecule has 0 radical (unpaired) electrons. The van der Waals surface area contributed by atoms with Gasteiger partial charge in [-0.3, -0.25) is 14.4 Å². The minimum atomic E-state index is -0.202. The monoisotopic (exact) mass is 579 g/mol. The number of nitrogens with zero attached hydrogens (tertiary/aromatic N) is 2. The molecule has 38 heavy (non-hydrogen) atoms. The summed E-state index contributed by atoms with van der Waals surface area (Å²) in [6, 6.07) is 9.30. The van der Waals surface area contributed by atoms with Crippen molar-refractivity contribution in [3.8, 4) is 5.75 Å². The number of aryl methyl sites for hydroxylation is 1. The number of benzene rings is 2. The molecule has 0 saturated heterocycles. The molecular weight excluding hydrogens is 550 g/mol. The minimum absolute atomic E-state index is 0.00311. The van der Waals surface area contributed by atoms with E-state index in [0.717, 1.165) is 52.7 Å². The first-order valence-electron chi connectivity index (χ1n) is 12.7. The predicted molar refractivity (Wildman–Crippen MR) is 147 cm³/mol. The van der Waals surface area contributed by atoms with Crippen molar-refractivity contribution in [2.75, 3.05) is 17.7 Å². The number of imidazole rings is 1. The Hall–Kier alpha value is -3.66. The van der Waals surface area contributed by atoms with E-state index in [4.69, 9.17) is 4.74 Å². The molecule has 0 unspecified atom stereocenters. The highest BCUT2D eigenvalue weighted by Crippen LogP contribution is 2.38. The molecule has 1 aromatic heterocycles. The summed E-state index contributed by atoms with van der Waals surface area (Å²) in [6.45, 7) is 2.47. The first-order valence-corrected chi connectivity index (χ1v) is 13.5. The summed E-state index contributed by atoms with van der Waals surface area (Å²) in [4.78, 5) is 47.5. The third-order valence-electron chi connectivity index (χ3n) is 7.38. The van der Waals surface area contributed by atoms with Gasteiger partial charge in [0.05, 0.1) is 25.6 Å². The van der Waals surface area contributed by atoms with Crippen LogP contribution in [0.5, 0.6) is 5.75 Å². The number of halogens is 1. The van der Waals surface area contributed by atoms with Gasteiger partial charge in [0.25, 0.3) is 5.91 Å². The first-order chi connectivity index (χ1) is 18.3. The lowest BCUT2D eigenvalue weighted by Gasteiger charge is -2.34. The van der Waals surface area contributed by atoms with E-state index in [9.17, 15) is 14.4 Å². The number of H-pyrrole nitrogens is 1. The zero-order valence-electron chi connectivity index (χ0n) is 21.3. The Labute approximate surface area is 229 Å². The molecule has 2 aliphatic rings. The van der Waals surface area contributed by atoms with E-state index >= 15 is 0 Å². The summed E-state index contributed by atoms with van der Waals surface area (Å²) in [7, 11) is 1.62. The summed E-state index contributed by atoms with van der Waals surface area (Å²) in [5.41, 5.74) is 4.47. The molecule has 3 aromatic rings. The summed E-state index contributed by atoms with van der Waals surface area (Å²) in [6.07, 6.45) is 6.32. The molecule has 1 fully saturated rings. The van der Waals surface area contributed by atoms with Gasteiger partial charge in [-0.25, -0.2) is 4.98 Å². The molecule has 3 amide bonds. The molecule has 10 heteroatoms. The lowest BCUT2D eigenvalue weighted by molar-refractivity contribution is -0.121. The Kier molecular flexibility index (Phi) is 7.51. The number of rotatable bonds is 7. The van der Waals surface area contributed by atoms with Crippen molar-refractivity contribution in [2.45, 2.75) is 51.6 Å². The van der Waals surface area contributed by atoms with E-state index < -0.39 is 0 Å². The highest BCUT2D eigenvalue weighted by atomic mass is 79.9. The molecule has 0 bridgehead atoms. The second-order valence-corrected chi connectivity index (χ2v) is 10.7. The third-order valence-corrected chi connectivity index (χ3v) is 8.09. The molecule has 3 N–H and O–H groups in total. The normalized spacial score (nSPS) is 18.7. The Balaban J connectivity index is 1.18. The number of aromatic nitrogens is 2. The lowest BCUT2D eigenvalue weighted by Crippen LogP contribution is -2.40. The quantitative estimate of drug-likeness (QED) is 0.371. The molecule has 2 aromatic carbocycles. The Bertz CT molecular complexity index is 1370. The SMILES string of the molecule is COc1cc(NC(=O)C2CCC(N3Cc4c(Br)cc(NC(=O)Cc5c[nH]cn5)cc4C3=O)CC2)ccc1C. The second kappa shape index (κ2) is 11.0. The van der Waals surface area contributed by atoms with Gasteiger partial charge >= 0.3 is 0 Å². The van der Waals surface area contributed by atoms with Gasteiger partial charge in [-0.05, 0) is 61.9 Å². The van der Waals surface area contributed by atoms with Crippen LogP contribution in [0, 0.1) is 12.8 Å². The number of carbonyl (C=O) groups excluding carboxylic acids is 3. The standard InChI is InChI=1S/C28H30BrN5O4/c1-16-3-6-18(11-25(16)38-2)33-27(36)17-4-7-21(8-5-17)34-14-23-22(28(34)37)9-19(10-24(23)29)32-26(35)12-20-13-30-15-31-20/h3,6,9-11,13,15,17,21H,4-5,7-8,12,14H2,1-2H3,(H,30,31)(H,32,35)(H,33,36). The van der Waals surface area contributed by atoms with Crippen LogP contribution in [0.2, 0.25) is 0 Å². The van der Waals surface area contributed by atoms with Crippen LogP contribution < -0.4 is 15.4 Å². The van der Waals surface area contributed by atoms with Crippen LogP contribution in [0.3, 0.4) is 0 Å². The van der Waals surface area contributed by atoms with Gasteiger partial charge in [0, 0.05) is 52.2 Å². The Morgan fingerprint density at radius 3 is 2.63 bits per heavy atom. The van der Waals surface area contributed by atoms with Crippen LogP contribution in [0.25, 0.3) is 0 Å². The van der Waals surface area contributed by atoms with Gasteiger partial charge in [-0.1, -0.05) is 22.0 Å². The second-order valence-electron chi connectivity index (χ2n) is 9.88. The van der Waals surface area contributed by atoms with Crippen LogP contribution in [0.1, 0.15) is 52.9 Å². The lowest BCUT2D eigenvalue weighted by atomic mass is 9.84. The molecular formula is C28H30BrN5O4. The number of ether oxygens (including phenoxy) is 1. The topological polar surface area (TPSA) is 116 Å². The molecule has 5 rings (SSSR count). The zero-order valence-corrected chi connectivity index (χ0v) is 22.9. The number of hydrogen-bond donors (Lipinski definition) is 3. The number of anilines is 2. The summed E-state index contributed by atoms with van der Waals surface area (Å²) < 4.78 is 6.15. The van der Waals surface area contributed by atoms with Gasteiger partial charge in [0.2, 0.25) is 11.8 Å². The average molecular weight is 580 g/mol.